The SMILES string of the molecule is COc1cc(C(F)(F)F)ccc1OCCNC(=O)c1cc(C)nc(NC(=O)C(C)C)c1. The van der Waals surface area contributed by atoms with Gasteiger partial charge in [-0.3, -0.25) is 9.59 Å². The molecule has 31 heavy (non-hydrogen) atoms. The number of alkyl halides is 3. The van der Waals surface area contributed by atoms with E-state index in [1.165, 1.54) is 19.2 Å². The van der Waals surface area contributed by atoms with Crippen LogP contribution < -0.4 is 20.1 Å². The molecule has 0 saturated carbocycles. The number of rotatable bonds is 8. The number of hydrogen-bond acceptors (Lipinski definition) is 5. The van der Waals surface area contributed by atoms with Crippen molar-refractivity contribution in [2.45, 2.75) is 26.9 Å². The lowest BCUT2D eigenvalue weighted by molar-refractivity contribution is -0.137. The highest BCUT2D eigenvalue weighted by atomic mass is 19.4. The number of carbonyl (C=O) groups excluding carboxylic acids is 2. The maximum absolute atomic E-state index is 12.8. The van der Waals surface area contributed by atoms with E-state index < -0.39 is 17.6 Å². The average molecular weight is 439 g/mol. The Hall–Kier alpha value is -3.30. The van der Waals surface area contributed by atoms with Gasteiger partial charge in [0.2, 0.25) is 5.91 Å². The summed E-state index contributed by atoms with van der Waals surface area (Å²) in [5.41, 5.74) is 0.00883. The third kappa shape index (κ3) is 6.87. The minimum absolute atomic E-state index is 0.00841. The van der Waals surface area contributed by atoms with Gasteiger partial charge in [0.05, 0.1) is 19.2 Å². The number of amides is 2. The molecule has 0 fully saturated rings. The molecule has 0 unspecified atom stereocenters. The number of benzene rings is 1. The molecule has 0 aliphatic carbocycles. The van der Waals surface area contributed by atoms with Crippen LogP contribution in [-0.4, -0.2) is 37.1 Å². The van der Waals surface area contributed by atoms with Crippen LogP contribution in [0.1, 0.15) is 35.5 Å². The molecule has 2 amide bonds. The molecule has 10 heteroatoms. The van der Waals surface area contributed by atoms with Gasteiger partial charge in [0.15, 0.2) is 11.5 Å². The first-order valence-electron chi connectivity index (χ1n) is 9.47. The minimum Gasteiger partial charge on any atom is -0.493 e. The number of ether oxygens (including phenoxy) is 2. The van der Waals surface area contributed by atoms with E-state index in [-0.39, 0.29) is 42.3 Å². The molecule has 0 bridgehead atoms. The Morgan fingerprint density at radius 3 is 2.45 bits per heavy atom. The summed E-state index contributed by atoms with van der Waals surface area (Å²) in [6.07, 6.45) is -4.49. The number of aromatic nitrogens is 1. The average Bonchev–Trinajstić information content (AvgIpc) is 2.69. The summed E-state index contributed by atoms with van der Waals surface area (Å²) in [5, 5.41) is 5.29. The molecule has 1 heterocycles. The molecule has 1 aromatic carbocycles. The number of nitrogens with zero attached hydrogens (tertiary/aromatic N) is 1. The van der Waals surface area contributed by atoms with Gasteiger partial charge in [-0.05, 0) is 37.3 Å². The van der Waals surface area contributed by atoms with Crippen molar-refractivity contribution in [3.63, 3.8) is 0 Å². The highest BCUT2D eigenvalue weighted by Gasteiger charge is 2.31. The van der Waals surface area contributed by atoms with E-state index in [0.717, 1.165) is 12.1 Å². The van der Waals surface area contributed by atoms with Gasteiger partial charge < -0.3 is 20.1 Å². The molecule has 2 aromatic rings. The second-order valence-electron chi connectivity index (χ2n) is 6.99. The Morgan fingerprint density at radius 1 is 1.13 bits per heavy atom. The molecule has 0 radical (unpaired) electrons. The number of nitrogens with one attached hydrogen (secondary N) is 2. The maximum Gasteiger partial charge on any atom is 0.416 e. The first kappa shape index (κ1) is 24.0. The second-order valence-corrected chi connectivity index (χ2v) is 6.99. The minimum atomic E-state index is -4.49. The molecule has 2 rings (SSSR count). The van der Waals surface area contributed by atoms with Gasteiger partial charge in [0, 0.05) is 17.2 Å². The number of anilines is 1. The van der Waals surface area contributed by atoms with E-state index in [4.69, 9.17) is 9.47 Å². The topological polar surface area (TPSA) is 89.6 Å². The fourth-order valence-corrected chi connectivity index (χ4v) is 2.53. The summed E-state index contributed by atoms with van der Waals surface area (Å²) in [7, 11) is 1.24. The van der Waals surface area contributed by atoms with E-state index in [9.17, 15) is 22.8 Å². The quantitative estimate of drug-likeness (QED) is 0.611. The van der Waals surface area contributed by atoms with Crippen molar-refractivity contribution in [1.29, 1.82) is 0 Å². The van der Waals surface area contributed by atoms with Gasteiger partial charge in [0.1, 0.15) is 12.4 Å². The molecular formula is C21H24F3N3O4. The van der Waals surface area contributed by atoms with Crippen molar-refractivity contribution in [1.82, 2.24) is 10.3 Å². The molecule has 7 nitrogen and oxygen atoms in total. The lowest BCUT2D eigenvalue weighted by Gasteiger charge is -2.14. The molecule has 0 saturated heterocycles. The first-order valence-corrected chi connectivity index (χ1v) is 9.47. The molecule has 0 spiro atoms. The van der Waals surface area contributed by atoms with E-state index in [1.807, 2.05) is 0 Å². The van der Waals surface area contributed by atoms with Crippen molar-refractivity contribution in [3.05, 3.63) is 47.2 Å². The van der Waals surface area contributed by atoms with Crippen LogP contribution in [0, 0.1) is 12.8 Å². The van der Waals surface area contributed by atoms with Crippen LogP contribution in [0.5, 0.6) is 11.5 Å². The summed E-state index contributed by atoms with van der Waals surface area (Å²) in [4.78, 5) is 28.4. The molecule has 0 aliphatic heterocycles. The number of methoxy groups -OCH3 is 1. The van der Waals surface area contributed by atoms with Crippen LogP contribution in [0.15, 0.2) is 30.3 Å². The number of carbonyl (C=O) groups is 2. The molecular weight excluding hydrogens is 415 g/mol. The van der Waals surface area contributed by atoms with Crippen molar-refractivity contribution in [2.75, 3.05) is 25.6 Å². The number of halogens is 3. The van der Waals surface area contributed by atoms with Crippen LogP contribution in [0.3, 0.4) is 0 Å². The van der Waals surface area contributed by atoms with Crippen molar-refractivity contribution in [3.8, 4) is 11.5 Å². The highest BCUT2D eigenvalue weighted by Crippen LogP contribution is 2.36. The molecule has 0 aliphatic rings. The summed E-state index contributed by atoms with van der Waals surface area (Å²) < 4.78 is 48.7. The molecule has 168 valence electrons. The smallest absolute Gasteiger partial charge is 0.416 e. The monoisotopic (exact) mass is 439 g/mol. The van der Waals surface area contributed by atoms with Gasteiger partial charge in [-0.2, -0.15) is 13.2 Å². The van der Waals surface area contributed by atoms with Crippen LogP contribution in [0.25, 0.3) is 0 Å². The first-order chi connectivity index (χ1) is 14.5. The van der Waals surface area contributed by atoms with Crippen molar-refractivity contribution >= 4 is 17.6 Å². The van der Waals surface area contributed by atoms with E-state index >= 15 is 0 Å². The Balaban J connectivity index is 1.95. The zero-order chi connectivity index (χ0) is 23.2. The van der Waals surface area contributed by atoms with Gasteiger partial charge in [0.25, 0.3) is 5.91 Å². The van der Waals surface area contributed by atoms with Crippen molar-refractivity contribution < 1.29 is 32.2 Å². The maximum atomic E-state index is 12.8. The Morgan fingerprint density at radius 2 is 1.84 bits per heavy atom. The summed E-state index contributed by atoms with van der Waals surface area (Å²) in [5.74, 6) is -0.523. The number of hydrogen-bond donors (Lipinski definition) is 2. The van der Waals surface area contributed by atoms with Crippen LogP contribution in [-0.2, 0) is 11.0 Å². The third-order valence-electron chi connectivity index (χ3n) is 4.13. The zero-order valence-electron chi connectivity index (χ0n) is 17.6. The molecule has 0 atom stereocenters. The van der Waals surface area contributed by atoms with Gasteiger partial charge in [-0.25, -0.2) is 4.98 Å². The van der Waals surface area contributed by atoms with Crippen LogP contribution >= 0.6 is 0 Å². The highest BCUT2D eigenvalue weighted by molar-refractivity contribution is 5.97. The van der Waals surface area contributed by atoms with Gasteiger partial charge in [-0.1, -0.05) is 13.8 Å². The van der Waals surface area contributed by atoms with Gasteiger partial charge in [-0.15, -0.1) is 0 Å². The van der Waals surface area contributed by atoms with Crippen LogP contribution in [0.4, 0.5) is 19.0 Å². The van der Waals surface area contributed by atoms with E-state index in [2.05, 4.69) is 15.6 Å². The summed E-state index contributed by atoms with van der Waals surface area (Å²) >= 11 is 0. The second kappa shape index (κ2) is 10.1. The summed E-state index contributed by atoms with van der Waals surface area (Å²) in [6.45, 7) is 5.28. The predicted molar refractivity (Wildman–Crippen MR) is 108 cm³/mol. The van der Waals surface area contributed by atoms with Crippen molar-refractivity contribution in [2.24, 2.45) is 5.92 Å². The lowest BCUT2D eigenvalue weighted by Crippen LogP contribution is -2.28. The van der Waals surface area contributed by atoms with Crippen LogP contribution in [0.2, 0.25) is 0 Å². The standard InChI is InChI=1S/C21H24F3N3O4/c1-12(2)19(28)27-18-10-14(9-13(3)26-18)20(29)25-7-8-31-16-6-5-15(21(22,23)24)11-17(16)30-4/h5-6,9-12H,7-8H2,1-4H3,(H,25,29)(H,26,27,28). The predicted octanol–water partition coefficient (Wildman–Crippen LogP) is 3.82. The normalized spacial score (nSPS) is 11.2. The fraction of sp³-hybridized carbons (Fsp3) is 0.381. The Labute approximate surface area is 178 Å². The third-order valence-corrected chi connectivity index (χ3v) is 4.13. The lowest BCUT2D eigenvalue weighted by atomic mass is 10.2. The van der Waals surface area contributed by atoms with E-state index in [1.54, 1.807) is 26.8 Å². The Bertz CT molecular complexity index is 946. The Kier molecular flexibility index (Phi) is 7.84. The number of aryl methyl sites for hydroxylation is 1. The largest absolute Gasteiger partial charge is 0.493 e. The van der Waals surface area contributed by atoms with Gasteiger partial charge >= 0.3 is 6.18 Å². The van der Waals surface area contributed by atoms with E-state index in [0.29, 0.717) is 11.3 Å². The zero-order valence-corrected chi connectivity index (χ0v) is 17.6. The fourth-order valence-electron chi connectivity index (χ4n) is 2.53. The summed E-state index contributed by atoms with van der Waals surface area (Å²) in [6, 6.07) is 5.94. The molecule has 1 aromatic heterocycles. The molecule has 2 N–H and O–H groups in total. The number of pyridine rings is 1.